The lowest BCUT2D eigenvalue weighted by molar-refractivity contribution is 0.0980. The van der Waals surface area contributed by atoms with Crippen LogP contribution in [0.2, 0.25) is 0 Å². The molecular weight excluding hydrogens is 282 g/mol. The summed E-state index contributed by atoms with van der Waals surface area (Å²) in [6.45, 7) is 4.53. The molecule has 3 N–H and O–H groups in total. The van der Waals surface area contributed by atoms with Gasteiger partial charge in [0.15, 0.2) is 11.5 Å². The third-order valence-corrected chi connectivity index (χ3v) is 3.33. The molecule has 2 atom stereocenters. The molecule has 0 heterocycles. The monoisotopic (exact) mass is 309 g/mol. The van der Waals surface area contributed by atoms with Gasteiger partial charge in [-0.3, -0.25) is 0 Å². The minimum atomic E-state index is -0.652. The molecule has 0 aromatic heterocycles. The minimum Gasteiger partial charge on any atom is -0.493 e. The molecule has 0 fully saturated rings. The maximum atomic E-state index is 9.93. The summed E-state index contributed by atoms with van der Waals surface area (Å²) in [4.78, 5) is 0. The molecule has 0 spiro atoms. The van der Waals surface area contributed by atoms with Gasteiger partial charge in [0.1, 0.15) is 12.7 Å². The molecule has 1 aromatic rings. The standard InChI is InChI=1S/C17H27NO4/c1-4-6-13-7-8-16(17(9-13)21-3)22-12-15(20)10-18-14(5-2)11-19/h4,6-9,14-15,18-20H,5,10-12H2,1-3H3/b6-4+/t14-,15+/m1/s1. The molecule has 0 aliphatic carbocycles. The van der Waals surface area contributed by atoms with E-state index in [1.54, 1.807) is 7.11 Å². The highest BCUT2D eigenvalue weighted by atomic mass is 16.5. The lowest BCUT2D eigenvalue weighted by Gasteiger charge is -2.18. The van der Waals surface area contributed by atoms with Gasteiger partial charge in [-0.25, -0.2) is 0 Å². The Morgan fingerprint density at radius 2 is 2.09 bits per heavy atom. The highest BCUT2D eigenvalue weighted by Gasteiger charge is 2.11. The highest BCUT2D eigenvalue weighted by molar-refractivity contribution is 5.55. The molecular formula is C17H27NO4. The summed E-state index contributed by atoms with van der Waals surface area (Å²) in [6.07, 6.45) is 4.09. The van der Waals surface area contributed by atoms with Gasteiger partial charge in [-0.2, -0.15) is 0 Å². The largest absolute Gasteiger partial charge is 0.493 e. The molecule has 0 amide bonds. The molecule has 124 valence electrons. The number of nitrogens with one attached hydrogen (secondary N) is 1. The molecule has 0 aliphatic heterocycles. The van der Waals surface area contributed by atoms with Crippen LogP contribution in [-0.4, -0.2) is 49.2 Å². The first-order chi connectivity index (χ1) is 10.6. The molecule has 1 rings (SSSR count). The van der Waals surface area contributed by atoms with Crippen molar-refractivity contribution in [3.8, 4) is 11.5 Å². The summed E-state index contributed by atoms with van der Waals surface area (Å²) in [5.74, 6) is 1.24. The van der Waals surface area contributed by atoms with Crippen molar-refractivity contribution in [1.29, 1.82) is 0 Å². The highest BCUT2D eigenvalue weighted by Crippen LogP contribution is 2.28. The Labute approximate surface area is 132 Å². The Balaban J connectivity index is 2.52. The van der Waals surface area contributed by atoms with Crippen LogP contribution < -0.4 is 14.8 Å². The smallest absolute Gasteiger partial charge is 0.161 e. The van der Waals surface area contributed by atoms with E-state index >= 15 is 0 Å². The zero-order chi connectivity index (χ0) is 16.4. The first-order valence-corrected chi connectivity index (χ1v) is 7.60. The lowest BCUT2D eigenvalue weighted by Crippen LogP contribution is -2.39. The Morgan fingerprint density at radius 3 is 2.68 bits per heavy atom. The quantitative estimate of drug-likeness (QED) is 0.615. The van der Waals surface area contributed by atoms with Crippen molar-refractivity contribution in [3.05, 3.63) is 29.8 Å². The summed E-state index contributed by atoms with van der Waals surface area (Å²) in [5.41, 5.74) is 1.03. The van der Waals surface area contributed by atoms with Gasteiger partial charge in [-0.1, -0.05) is 25.1 Å². The van der Waals surface area contributed by atoms with E-state index in [4.69, 9.17) is 14.6 Å². The van der Waals surface area contributed by atoms with Crippen LogP contribution in [0.4, 0.5) is 0 Å². The van der Waals surface area contributed by atoms with Crippen molar-refractivity contribution in [1.82, 2.24) is 5.32 Å². The van der Waals surface area contributed by atoms with Crippen LogP contribution in [0, 0.1) is 0 Å². The SMILES string of the molecule is C/C=C/c1ccc(OC[C@@H](O)CN[C@H](CC)CO)c(OC)c1. The second-order valence-corrected chi connectivity index (χ2v) is 5.07. The number of allylic oxidation sites excluding steroid dienone is 1. The molecule has 0 radical (unpaired) electrons. The normalized spacial score (nSPS) is 14.0. The average molecular weight is 309 g/mol. The number of aliphatic hydroxyl groups is 2. The van der Waals surface area contributed by atoms with Crippen LogP contribution in [-0.2, 0) is 0 Å². The summed E-state index contributed by atoms with van der Waals surface area (Å²) in [6, 6.07) is 5.65. The van der Waals surface area contributed by atoms with E-state index in [-0.39, 0.29) is 19.3 Å². The molecule has 0 aliphatic rings. The molecule has 22 heavy (non-hydrogen) atoms. The number of aliphatic hydroxyl groups excluding tert-OH is 2. The summed E-state index contributed by atoms with van der Waals surface area (Å²) >= 11 is 0. The van der Waals surface area contributed by atoms with Gasteiger partial charge in [-0.05, 0) is 31.0 Å². The van der Waals surface area contributed by atoms with Gasteiger partial charge in [0, 0.05) is 12.6 Å². The van der Waals surface area contributed by atoms with E-state index in [1.165, 1.54) is 0 Å². The number of rotatable bonds is 10. The van der Waals surface area contributed by atoms with Crippen LogP contribution in [0.3, 0.4) is 0 Å². The zero-order valence-electron chi connectivity index (χ0n) is 13.6. The molecule has 5 nitrogen and oxygen atoms in total. The fourth-order valence-corrected chi connectivity index (χ4v) is 1.99. The van der Waals surface area contributed by atoms with Gasteiger partial charge in [-0.15, -0.1) is 0 Å². The van der Waals surface area contributed by atoms with Crippen LogP contribution in [0.15, 0.2) is 24.3 Å². The van der Waals surface area contributed by atoms with Gasteiger partial charge in [0.2, 0.25) is 0 Å². The molecule has 5 heteroatoms. The molecule has 0 saturated heterocycles. The second kappa shape index (κ2) is 10.2. The van der Waals surface area contributed by atoms with E-state index in [2.05, 4.69) is 5.32 Å². The van der Waals surface area contributed by atoms with Gasteiger partial charge >= 0.3 is 0 Å². The van der Waals surface area contributed by atoms with Crippen molar-refractivity contribution in [2.45, 2.75) is 32.4 Å². The maximum absolute atomic E-state index is 9.93. The fourth-order valence-electron chi connectivity index (χ4n) is 1.99. The van der Waals surface area contributed by atoms with E-state index in [1.807, 2.05) is 44.2 Å². The number of ether oxygens (including phenoxy) is 2. The van der Waals surface area contributed by atoms with E-state index in [0.717, 1.165) is 12.0 Å². The van der Waals surface area contributed by atoms with Gasteiger partial charge < -0.3 is 25.0 Å². The molecule has 1 aromatic carbocycles. The summed E-state index contributed by atoms with van der Waals surface area (Å²) in [5, 5.41) is 22.1. The Hall–Kier alpha value is -1.56. The van der Waals surface area contributed by atoms with E-state index in [0.29, 0.717) is 18.0 Å². The molecule has 0 bridgehead atoms. The summed E-state index contributed by atoms with van der Waals surface area (Å²) in [7, 11) is 1.59. The van der Waals surface area contributed by atoms with Crippen LogP contribution in [0.25, 0.3) is 6.08 Å². The first-order valence-electron chi connectivity index (χ1n) is 7.60. The van der Waals surface area contributed by atoms with Crippen molar-refractivity contribution < 1.29 is 19.7 Å². The number of benzene rings is 1. The first kappa shape index (κ1) is 18.5. The zero-order valence-corrected chi connectivity index (χ0v) is 13.6. The second-order valence-electron chi connectivity index (χ2n) is 5.07. The predicted octanol–water partition coefficient (Wildman–Crippen LogP) is 1.83. The maximum Gasteiger partial charge on any atom is 0.161 e. The van der Waals surface area contributed by atoms with Crippen molar-refractivity contribution >= 4 is 6.08 Å². The number of hydrogen-bond donors (Lipinski definition) is 3. The Kier molecular flexibility index (Phi) is 8.58. The topological polar surface area (TPSA) is 71.0 Å². The van der Waals surface area contributed by atoms with Gasteiger partial charge in [0.05, 0.1) is 13.7 Å². The Bertz CT molecular complexity index is 458. The fraction of sp³-hybridized carbons (Fsp3) is 0.529. The third-order valence-electron chi connectivity index (χ3n) is 3.33. The predicted molar refractivity (Wildman–Crippen MR) is 88.4 cm³/mol. The number of hydrogen-bond acceptors (Lipinski definition) is 5. The third kappa shape index (κ3) is 6.05. The Morgan fingerprint density at radius 1 is 1.32 bits per heavy atom. The molecule has 0 saturated carbocycles. The van der Waals surface area contributed by atoms with Crippen molar-refractivity contribution in [2.75, 3.05) is 26.9 Å². The average Bonchev–Trinajstić information content (AvgIpc) is 2.54. The molecule has 0 unspecified atom stereocenters. The van der Waals surface area contributed by atoms with Crippen LogP contribution >= 0.6 is 0 Å². The van der Waals surface area contributed by atoms with Crippen molar-refractivity contribution in [2.24, 2.45) is 0 Å². The van der Waals surface area contributed by atoms with Crippen LogP contribution in [0.1, 0.15) is 25.8 Å². The van der Waals surface area contributed by atoms with E-state index in [9.17, 15) is 5.11 Å². The van der Waals surface area contributed by atoms with E-state index < -0.39 is 6.10 Å². The van der Waals surface area contributed by atoms with Crippen LogP contribution in [0.5, 0.6) is 11.5 Å². The number of methoxy groups -OCH3 is 1. The summed E-state index contributed by atoms with van der Waals surface area (Å²) < 4.78 is 10.9. The lowest BCUT2D eigenvalue weighted by atomic mass is 10.2. The van der Waals surface area contributed by atoms with Crippen molar-refractivity contribution in [3.63, 3.8) is 0 Å². The van der Waals surface area contributed by atoms with Gasteiger partial charge in [0.25, 0.3) is 0 Å². The minimum absolute atomic E-state index is 0.00398.